The Labute approximate surface area is 121 Å². The molecule has 1 aromatic heterocycles. The van der Waals surface area contributed by atoms with Crippen molar-refractivity contribution in [2.24, 2.45) is 5.92 Å². The van der Waals surface area contributed by atoms with Crippen LogP contribution in [0.1, 0.15) is 37.0 Å². The van der Waals surface area contributed by atoms with Crippen LogP contribution in [0.25, 0.3) is 0 Å². The van der Waals surface area contributed by atoms with Gasteiger partial charge >= 0.3 is 0 Å². The molecule has 0 aliphatic carbocycles. The van der Waals surface area contributed by atoms with E-state index in [4.69, 9.17) is 11.6 Å². The van der Waals surface area contributed by atoms with Crippen LogP contribution < -0.4 is 0 Å². The molecule has 1 amide bonds. The zero-order valence-corrected chi connectivity index (χ0v) is 12.8. The lowest BCUT2D eigenvalue weighted by Crippen LogP contribution is -2.46. The number of hydrogen-bond acceptors (Lipinski definition) is 2. The maximum atomic E-state index is 12.5. The van der Waals surface area contributed by atoms with E-state index in [0.29, 0.717) is 11.5 Å². The first-order valence-corrected chi connectivity index (χ1v) is 7.30. The largest absolute Gasteiger partial charge is 0.336 e. The van der Waals surface area contributed by atoms with E-state index < -0.39 is 0 Å². The zero-order valence-electron chi connectivity index (χ0n) is 10.5. The summed E-state index contributed by atoms with van der Waals surface area (Å²) in [6.07, 6.45) is 3.83. The minimum atomic E-state index is -0.0205. The van der Waals surface area contributed by atoms with Crippen molar-refractivity contribution < 1.29 is 4.79 Å². The molecule has 0 aromatic carbocycles. The van der Waals surface area contributed by atoms with Crippen molar-refractivity contribution in [3.63, 3.8) is 0 Å². The summed E-state index contributed by atoms with van der Waals surface area (Å²) in [6.45, 7) is 5.08. The summed E-state index contributed by atoms with van der Waals surface area (Å²) in [5.74, 6) is 0.509. The van der Waals surface area contributed by atoms with Gasteiger partial charge in [-0.3, -0.25) is 4.79 Å². The summed E-state index contributed by atoms with van der Waals surface area (Å²) < 4.78 is 0.771. The van der Waals surface area contributed by atoms with Crippen LogP contribution in [0.3, 0.4) is 0 Å². The van der Waals surface area contributed by atoms with Gasteiger partial charge in [-0.2, -0.15) is 0 Å². The lowest BCUT2D eigenvalue weighted by molar-refractivity contribution is 0.0550. The number of carbonyl (C=O) groups is 1. The van der Waals surface area contributed by atoms with Crippen molar-refractivity contribution in [1.82, 2.24) is 9.88 Å². The van der Waals surface area contributed by atoms with E-state index in [9.17, 15) is 4.79 Å². The molecule has 2 rings (SSSR count). The number of carbonyl (C=O) groups excluding carboxylic acids is 1. The van der Waals surface area contributed by atoms with Crippen molar-refractivity contribution in [3.05, 3.63) is 27.5 Å². The normalized spacial score (nSPS) is 24.1. The van der Waals surface area contributed by atoms with E-state index >= 15 is 0 Å². The standard InChI is InChI=1S/C13H16BrClN2O/c1-8-4-3-5-17(9(8)2)13(18)11-6-10(14)7-16-12(11)15/h6-9H,3-5H2,1-2H3. The van der Waals surface area contributed by atoms with Gasteiger partial charge in [0.2, 0.25) is 0 Å². The number of aromatic nitrogens is 1. The van der Waals surface area contributed by atoms with Crippen molar-refractivity contribution in [2.75, 3.05) is 6.54 Å². The summed E-state index contributed by atoms with van der Waals surface area (Å²) in [5, 5.41) is 0.272. The SMILES string of the molecule is CC1CCCN(C(=O)c2cc(Br)cnc2Cl)C1C. The molecule has 1 saturated heterocycles. The van der Waals surface area contributed by atoms with Gasteiger partial charge in [0, 0.05) is 23.3 Å². The van der Waals surface area contributed by atoms with Gasteiger partial charge in [-0.1, -0.05) is 18.5 Å². The van der Waals surface area contributed by atoms with Crippen LogP contribution in [0.15, 0.2) is 16.7 Å². The number of halogens is 2. The molecule has 2 heterocycles. The number of likely N-dealkylation sites (tertiary alicyclic amines) is 1. The van der Waals surface area contributed by atoms with E-state index in [1.54, 1.807) is 12.3 Å². The third-order valence-electron chi connectivity index (χ3n) is 3.67. The van der Waals surface area contributed by atoms with Crippen LogP contribution in [-0.4, -0.2) is 28.4 Å². The van der Waals surface area contributed by atoms with Gasteiger partial charge < -0.3 is 4.90 Å². The average molecular weight is 332 g/mol. The van der Waals surface area contributed by atoms with Crippen LogP contribution in [0.5, 0.6) is 0 Å². The quantitative estimate of drug-likeness (QED) is 0.734. The van der Waals surface area contributed by atoms with E-state index in [0.717, 1.165) is 17.4 Å². The number of rotatable bonds is 1. The fourth-order valence-corrected chi connectivity index (χ4v) is 2.86. The molecule has 1 aliphatic heterocycles. The number of piperidine rings is 1. The van der Waals surface area contributed by atoms with Crippen LogP contribution in [0, 0.1) is 5.92 Å². The lowest BCUT2D eigenvalue weighted by atomic mass is 9.91. The Bertz CT molecular complexity index is 466. The minimum Gasteiger partial charge on any atom is -0.336 e. The smallest absolute Gasteiger partial charge is 0.257 e. The number of amides is 1. The molecule has 1 aliphatic rings. The Morgan fingerprint density at radius 2 is 2.28 bits per heavy atom. The van der Waals surface area contributed by atoms with E-state index in [-0.39, 0.29) is 17.1 Å². The van der Waals surface area contributed by atoms with E-state index in [1.165, 1.54) is 6.42 Å². The fraction of sp³-hybridized carbons (Fsp3) is 0.538. The number of pyridine rings is 1. The minimum absolute atomic E-state index is 0.0205. The average Bonchev–Trinajstić information content (AvgIpc) is 2.35. The molecule has 0 bridgehead atoms. The molecule has 3 nitrogen and oxygen atoms in total. The van der Waals surface area contributed by atoms with Crippen LogP contribution in [0.4, 0.5) is 0 Å². The lowest BCUT2D eigenvalue weighted by Gasteiger charge is -2.38. The Morgan fingerprint density at radius 1 is 1.56 bits per heavy atom. The first-order chi connectivity index (χ1) is 8.50. The summed E-state index contributed by atoms with van der Waals surface area (Å²) in [4.78, 5) is 18.4. The molecular weight excluding hydrogens is 316 g/mol. The first-order valence-electron chi connectivity index (χ1n) is 6.12. The Kier molecular flexibility index (Phi) is 4.28. The summed E-state index contributed by atoms with van der Waals surface area (Å²) in [7, 11) is 0. The highest BCUT2D eigenvalue weighted by molar-refractivity contribution is 9.10. The van der Waals surface area contributed by atoms with E-state index in [1.807, 2.05) is 4.90 Å². The molecule has 18 heavy (non-hydrogen) atoms. The highest BCUT2D eigenvalue weighted by Crippen LogP contribution is 2.27. The molecule has 0 N–H and O–H groups in total. The van der Waals surface area contributed by atoms with E-state index in [2.05, 4.69) is 34.8 Å². The second kappa shape index (κ2) is 5.57. The highest BCUT2D eigenvalue weighted by atomic mass is 79.9. The molecular formula is C13H16BrClN2O. The molecule has 1 aromatic rings. The van der Waals surface area contributed by atoms with Gasteiger partial charge in [0.25, 0.3) is 5.91 Å². The van der Waals surface area contributed by atoms with Crippen LogP contribution >= 0.6 is 27.5 Å². The van der Waals surface area contributed by atoms with Gasteiger partial charge in [-0.25, -0.2) is 4.98 Å². The van der Waals surface area contributed by atoms with Gasteiger partial charge in [0.1, 0.15) is 5.15 Å². The molecule has 1 fully saturated rings. The molecule has 98 valence electrons. The molecule has 0 radical (unpaired) electrons. The maximum Gasteiger partial charge on any atom is 0.257 e. The molecule has 5 heteroatoms. The highest BCUT2D eigenvalue weighted by Gasteiger charge is 2.30. The molecule has 2 atom stereocenters. The van der Waals surface area contributed by atoms with Crippen molar-refractivity contribution >= 4 is 33.4 Å². The van der Waals surface area contributed by atoms with Crippen molar-refractivity contribution in [3.8, 4) is 0 Å². The van der Waals surface area contributed by atoms with Crippen molar-refractivity contribution in [2.45, 2.75) is 32.7 Å². The molecule has 0 spiro atoms. The Morgan fingerprint density at radius 3 is 3.00 bits per heavy atom. The predicted molar refractivity (Wildman–Crippen MR) is 75.8 cm³/mol. The van der Waals surface area contributed by atoms with Crippen molar-refractivity contribution in [1.29, 1.82) is 0 Å². The fourth-order valence-electron chi connectivity index (χ4n) is 2.35. The Hall–Kier alpha value is -0.610. The second-order valence-corrected chi connectivity index (χ2v) is 6.12. The first kappa shape index (κ1) is 13.8. The predicted octanol–water partition coefficient (Wildman–Crippen LogP) is 3.76. The van der Waals surface area contributed by atoms with Gasteiger partial charge in [0.15, 0.2) is 0 Å². The third-order valence-corrected chi connectivity index (χ3v) is 4.41. The summed E-state index contributed by atoms with van der Waals surface area (Å²) in [6, 6.07) is 1.99. The number of nitrogens with zero attached hydrogens (tertiary/aromatic N) is 2. The van der Waals surface area contributed by atoms with Gasteiger partial charge in [-0.05, 0) is 47.7 Å². The third kappa shape index (κ3) is 2.69. The summed E-state index contributed by atoms with van der Waals surface area (Å²) in [5.41, 5.74) is 0.479. The zero-order chi connectivity index (χ0) is 13.3. The number of hydrogen-bond donors (Lipinski definition) is 0. The van der Waals surface area contributed by atoms with Gasteiger partial charge in [-0.15, -0.1) is 0 Å². The molecule has 0 saturated carbocycles. The maximum absolute atomic E-state index is 12.5. The Balaban J connectivity index is 2.27. The second-order valence-electron chi connectivity index (χ2n) is 4.85. The topological polar surface area (TPSA) is 33.2 Å². The van der Waals surface area contributed by atoms with Gasteiger partial charge in [0.05, 0.1) is 5.56 Å². The van der Waals surface area contributed by atoms with Crippen LogP contribution in [0.2, 0.25) is 5.15 Å². The van der Waals surface area contributed by atoms with Crippen LogP contribution in [-0.2, 0) is 0 Å². The molecule has 2 unspecified atom stereocenters. The monoisotopic (exact) mass is 330 g/mol. The summed E-state index contributed by atoms with van der Waals surface area (Å²) >= 11 is 9.34.